The van der Waals surface area contributed by atoms with Gasteiger partial charge in [-0.3, -0.25) is 9.59 Å². The average Bonchev–Trinajstić information content (AvgIpc) is 1.53. The van der Waals surface area contributed by atoms with Crippen molar-refractivity contribution in [2.24, 2.45) is 0 Å². The number of hydrogen-bond acceptors (Lipinski definition) is 6. The van der Waals surface area contributed by atoms with Crippen LogP contribution in [-0.4, -0.2) is 47.0 Å². The highest BCUT2D eigenvalue weighted by molar-refractivity contribution is 6.31. The molecule has 0 aliphatic heterocycles. The minimum Gasteiger partial charge on any atom is -0.497 e. The summed E-state index contributed by atoms with van der Waals surface area (Å²) in [5.41, 5.74) is 20.6. The van der Waals surface area contributed by atoms with Gasteiger partial charge in [-0.2, -0.15) is 9.46 Å². The first kappa shape index (κ1) is 60.8. The first-order valence-corrected chi connectivity index (χ1v) is 35.6. The number of ether oxygens (including phenoxy) is 2. The molecule has 0 bridgehead atoms. The molecule has 4 heterocycles. The first-order chi connectivity index (χ1) is 52.2. The molecule has 0 spiro atoms. The van der Waals surface area contributed by atoms with Gasteiger partial charge in [-0.1, -0.05) is 182 Å². The molecule has 502 valence electrons. The average molecular weight is 1370 g/mol. The topological polar surface area (TPSA) is 90.8 Å². The second kappa shape index (κ2) is 23.3. The Morgan fingerprint density at radius 1 is 0.217 bits per heavy atom. The lowest BCUT2D eigenvalue weighted by Crippen LogP contribution is -2.05. The summed E-state index contributed by atoms with van der Waals surface area (Å²) in [7, 11) is 6.68. The van der Waals surface area contributed by atoms with Crippen molar-refractivity contribution in [1.82, 2.24) is 18.6 Å². The summed E-state index contributed by atoms with van der Waals surface area (Å²) in [4.78, 5) is 46.2. The number of rotatable bonds is 12. The smallest absolute Gasteiger partial charge is 0.197 e. The van der Waals surface area contributed by atoms with Crippen LogP contribution in [0.4, 0.5) is 0 Å². The number of benzene rings is 15. The van der Waals surface area contributed by atoms with Gasteiger partial charge in [0.25, 0.3) is 0 Å². The molecule has 0 N–H and O–H groups in total. The highest BCUT2D eigenvalue weighted by Gasteiger charge is 2.29. The molecule has 0 amide bonds. The molecule has 0 atom stereocenters. The molecule has 10 nitrogen and oxygen atoms in total. The van der Waals surface area contributed by atoms with Crippen LogP contribution in [-0.2, 0) is 0 Å². The molecule has 0 radical (unpaired) electrons. The van der Waals surface area contributed by atoms with Crippen LogP contribution < -0.4 is 30.0 Å². The Labute approximate surface area is 606 Å². The lowest BCUT2D eigenvalue weighted by Gasteiger charge is -2.15. The fraction of sp³-hybridized carbons (Fsp3) is 0.0417. The van der Waals surface area contributed by atoms with Crippen molar-refractivity contribution in [3.8, 4) is 89.6 Å². The van der Waals surface area contributed by atoms with Crippen molar-refractivity contribution in [1.29, 1.82) is 0 Å². The van der Waals surface area contributed by atoms with Crippen molar-refractivity contribution in [3.05, 3.63) is 324 Å². The number of hydrogen-bond donors (Lipinski definition) is 0. The van der Waals surface area contributed by atoms with E-state index < -0.39 is 0 Å². The van der Waals surface area contributed by atoms with Gasteiger partial charge in [0.05, 0.1) is 75.1 Å². The molecule has 0 aliphatic carbocycles. The standard InChI is InChI=1S/C96H62N4O6/c1-103-65-31-35-69-67-33-25-63(49-87(67)99(105-3)89(69)51-65)73-53-75-71-37-38-72-91-85(97-81-39-27-59(55-17-9-5-10-18-55)45-76(81)77-46-60(28-40-82(77)97)56-19-11-6-12-20-56)43-44-86(98-83-41-29-61(57-21-13-7-14-22-57)47-78(83)79-48-62(30-42-84(79)98)58-23-15-8-16-24-58)94(91)96(102)93(72)92(71)95(101)80(75)54-74(73)64-26-34-68-70-36-32-66(104-2)52-90(70)100(106-4)88(68)50-64/h5-54H,1-4H3. The van der Waals surface area contributed by atoms with Crippen molar-refractivity contribution in [2.75, 3.05) is 28.4 Å². The zero-order valence-corrected chi connectivity index (χ0v) is 58.1. The third-order valence-electron chi connectivity index (χ3n) is 22.3. The fourth-order valence-electron chi connectivity index (χ4n) is 17.4. The van der Waals surface area contributed by atoms with Gasteiger partial charge < -0.3 is 28.3 Å². The maximum atomic E-state index is 17.2. The highest BCUT2D eigenvalue weighted by atomic mass is 16.6. The van der Waals surface area contributed by atoms with Gasteiger partial charge in [0.15, 0.2) is 10.9 Å². The van der Waals surface area contributed by atoms with Crippen LogP contribution >= 0.6 is 0 Å². The van der Waals surface area contributed by atoms with E-state index in [1.165, 1.54) is 0 Å². The maximum absolute atomic E-state index is 17.2. The van der Waals surface area contributed by atoms with E-state index in [4.69, 9.17) is 19.1 Å². The van der Waals surface area contributed by atoms with E-state index in [0.29, 0.717) is 49.5 Å². The Bertz CT molecular complexity index is 7210. The van der Waals surface area contributed by atoms with Crippen molar-refractivity contribution < 1.29 is 19.1 Å². The fourth-order valence-corrected chi connectivity index (χ4v) is 17.4. The predicted molar refractivity (Wildman–Crippen MR) is 437 cm³/mol. The minimum atomic E-state index is -0.223. The molecule has 21 aromatic rings. The Morgan fingerprint density at radius 3 is 0.934 bits per heavy atom. The molecule has 106 heavy (non-hydrogen) atoms. The summed E-state index contributed by atoms with van der Waals surface area (Å²) in [5.74, 6) is 1.42. The van der Waals surface area contributed by atoms with Gasteiger partial charge in [-0.15, -0.1) is 0 Å². The van der Waals surface area contributed by atoms with Crippen LogP contribution in [0.25, 0.3) is 208 Å². The second-order valence-corrected chi connectivity index (χ2v) is 27.6. The van der Waals surface area contributed by atoms with Crippen LogP contribution in [0.1, 0.15) is 0 Å². The van der Waals surface area contributed by atoms with Crippen LogP contribution in [0.5, 0.6) is 11.5 Å². The molecule has 0 aliphatic rings. The van der Waals surface area contributed by atoms with Gasteiger partial charge >= 0.3 is 0 Å². The SMILES string of the molecule is COc1ccc2c3ccc(-c4cc5c(=O)c6c(ccc7c8c(-n9c%10ccc(-c%11ccccc%11)cc%10c%10cc(-c%11ccccc%11)ccc%109)ccc(-n9c%10ccc(-c%11ccccc%11)cc%10c%10cc(-c%11ccccc%11)ccc%109)c8c(=O)c76)c5cc4-c4ccc5c6ccc(OC)cc6n(OC)c5c4)cc3n(OC)c2c1. The molecule has 10 heteroatoms. The number of methoxy groups -OCH3 is 2. The van der Waals surface area contributed by atoms with E-state index in [1.807, 2.05) is 51.9 Å². The maximum Gasteiger partial charge on any atom is 0.197 e. The zero-order chi connectivity index (χ0) is 70.7. The van der Waals surface area contributed by atoms with E-state index in [1.54, 1.807) is 28.4 Å². The Kier molecular flexibility index (Phi) is 13.3. The third-order valence-corrected chi connectivity index (χ3v) is 22.3. The molecule has 0 saturated carbocycles. The lowest BCUT2D eigenvalue weighted by molar-refractivity contribution is 0.190. The van der Waals surface area contributed by atoms with Gasteiger partial charge in [-0.05, 0) is 192 Å². The van der Waals surface area contributed by atoms with Gasteiger partial charge in [0.1, 0.15) is 25.7 Å². The number of fused-ring (bicyclic) bond motifs is 19. The summed E-state index contributed by atoms with van der Waals surface area (Å²) in [6.07, 6.45) is 0. The quantitative estimate of drug-likeness (QED) is 0.121. The normalized spacial score (nSPS) is 12.0. The van der Waals surface area contributed by atoms with Gasteiger partial charge in [-0.25, -0.2) is 0 Å². The van der Waals surface area contributed by atoms with Gasteiger partial charge in [0, 0.05) is 76.8 Å². The molecule has 17 aromatic carbocycles. The summed E-state index contributed by atoms with van der Waals surface area (Å²) in [5, 5.41) is 12.9. The molecule has 4 aromatic heterocycles. The van der Waals surface area contributed by atoms with Crippen molar-refractivity contribution in [3.63, 3.8) is 0 Å². The molecule has 21 rings (SSSR count). The van der Waals surface area contributed by atoms with E-state index in [0.717, 1.165) is 170 Å². The summed E-state index contributed by atoms with van der Waals surface area (Å²) in [6, 6.07) is 106. The van der Waals surface area contributed by atoms with Crippen LogP contribution in [0.3, 0.4) is 0 Å². The molecular weight excluding hydrogens is 1310 g/mol. The van der Waals surface area contributed by atoms with E-state index in [9.17, 15) is 0 Å². The first-order valence-electron chi connectivity index (χ1n) is 35.6. The lowest BCUT2D eigenvalue weighted by atomic mass is 9.91. The van der Waals surface area contributed by atoms with E-state index in [-0.39, 0.29) is 10.9 Å². The highest BCUT2D eigenvalue weighted by Crippen LogP contribution is 2.48. The summed E-state index contributed by atoms with van der Waals surface area (Å²) >= 11 is 0. The summed E-state index contributed by atoms with van der Waals surface area (Å²) in [6.45, 7) is 0. The predicted octanol–water partition coefficient (Wildman–Crippen LogP) is 22.4. The van der Waals surface area contributed by atoms with Crippen LogP contribution in [0.2, 0.25) is 0 Å². The zero-order valence-electron chi connectivity index (χ0n) is 58.1. The van der Waals surface area contributed by atoms with Crippen LogP contribution in [0, 0.1) is 0 Å². The number of aromatic nitrogens is 4. The molecular formula is C96H62N4O6. The Morgan fingerprint density at radius 2 is 0.547 bits per heavy atom. The number of nitrogens with zero attached hydrogens (tertiary/aromatic N) is 4. The van der Waals surface area contributed by atoms with Crippen molar-refractivity contribution >= 4 is 130 Å². The van der Waals surface area contributed by atoms with E-state index >= 15 is 9.59 Å². The molecule has 0 fully saturated rings. The largest absolute Gasteiger partial charge is 0.497 e. The third kappa shape index (κ3) is 8.85. The second-order valence-electron chi connectivity index (χ2n) is 27.6. The minimum absolute atomic E-state index is 0.223. The van der Waals surface area contributed by atoms with Crippen molar-refractivity contribution in [2.45, 2.75) is 0 Å². The van der Waals surface area contributed by atoms with E-state index in [2.05, 4.69) is 270 Å². The van der Waals surface area contributed by atoms with Crippen LogP contribution in [0.15, 0.2) is 313 Å². The Balaban J connectivity index is 0.874. The van der Waals surface area contributed by atoms with Gasteiger partial charge in [0.2, 0.25) is 0 Å². The monoisotopic (exact) mass is 1370 g/mol. The molecule has 0 saturated heterocycles. The molecule has 0 unspecified atom stereocenters. The Hall–Kier alpha value is -14.0. The summed E-state index contributed by atoms with van der Waals surface area (Å²) < 4.78 is 19.8.